The molecule has 0 atom stereocenters. The second-order valence-electron chi connectivity index (χ2n) is 2.34. The van der Waals surface area contributed by atoms with E-state index in [2.05, 4.69) is 15.3 Å². The van der Waals surface area contributed by atoms with Gasteiger partial charge in [0, 0.05) is 13.7 Å². The first-order valence-electron chi connectivity index (χ1n) is 3.75. The third-order valence-electron chi connectivity index (χ3n) is 1.36. The van der Waals surface area contributed by atoms with Crippen molar-refractivity contribution in [2.75, 3.05) is 31.3 Å². The van der Waals surface area contributed by atoms with Gasteiger partial charge >= 0.3 is 0 Å². The number of nitrogens with zero attached hydrogens (tertiary/aromatic N) is 2. The van der Waals surface area contributed by atoms with Crippen LogP contribution >= 0.6 is 0 Å². The topological polar surface area (TPSA) is 73.1 Å². The Kier molecular flexibility index (Phi) is 3.39. The number of aromatic nitrogens is 2. The molecule has 1 aromatic heterocycles. The van der Waals surface area contributed by atoms with E-state index in [1.165, 1.54) is 0 Å². The molecule has 0 unspecified atom stereocenters. The summed E-state index contributed by atoms with van der Waals surface area (Å²) in [6.07, 6.45) is 1.03. The minimum atomic E-state index is -0.523. The van der Waals surface area contributed by atoms with Crippen LogP contribution in [0.15, 0.2) is 6.20 Å². The first-order chi connectivity index (χ1) is 6.24. The maximum atomic E-state index is 12.9. The van der Waals surface area contributed by atoms with Gasteiger partial charge in [0.05, 0.1) is 12.8 Å². The number of anilines is 2. The lowest BCUT2D eigenvalue weighted by Crippen LogP contribution is -2.11. The zero-order chi connectivity index (χ0) is 9.68. The summed E-state index contributed by atoms with van der Waals surface area (Å²) >= 11 is 0. The molecule has 1 aromatic rings. The van der Waals surface area contributed by atoms with E-state index in [4.69, 9.17) is 10.5 Å². The van der Waals surface area contributed by atoms with Crippen LogP contribution in [0.25, 0.3) is 0 Å². The fraction of sp³-hybridized carbons (Fsp3) is 0.429. The standard InChI is InChI=1S/C7H11FN4O/c1-13-3-2-10-6-5(8)4-11-7(9)12-6/h4H,2-3H2,1H3,(H3,9,10,11,12). The molecule has 13 heavy (non-hydrogen) atoms. The fourth-order valence-corrected chi connectivity index (χ4v) is 0.776. The van der Waals surface area contributed by atoms with Crippen LogP contribution in [-0.2, 0) is 4.74 Å². The molecule has 1 rings (SSSR count). The zero-order valence-electron chi connectivity index (χ0n) is 7.25. The number of nitrogen functional groups attached to an aromatic ring is 1. The van der Waals surface area contributed by atoms with E-state index < -0.39 is 5.82 Å². The summed E-state index contributed by atoms with van der Waals surface area (Å²) in [6.45, 7) is 0.952. The van der Waals surface area contributed by atoms with Gasteiger partial charge in [-0.25, -0.2) is 9.37 Å². The minimum absolute atomic E-state index is 0.0429. The van der Waals surface area contributed by atoms with Gasteiger partial charge in [-0.1, -0.05) is 0 Å². The summed E-state index contributed by atoms with van der Waals surface area (Å²) in [4.78, 5) is 7.16. The SMILES string of the molecule is COCCNc1nc(N)ncc1F. The summed E-state index contributed by atoms with van der Waals surface area (Å²) in [5.41, 5.74) is 5.27. The number of ether oxygens (including phenoxy) is 1. The van der Waals surface area contributed by atoms with Crippen molar-refractivity contribution in [3.63, 3.8) is 0 Å². The average Bonchev–Trinajstić information content (AvgIpc) is 2.11. The van der Waals surface area contributed by atoms with Crippen molar-refractivity contribution in [2.24, 2.45) is 0 Å². The highest BCUT2D eigenvalue weighted by Crippen LogP contribution is 2.08. The molecule has 0 aliphatic heterocycles. The van der Waals surface area contributed by atoms with Crippen LogP contribution in [0, 0.1) is 5.82 Å². The van der Waals surface area contributed by atoms with E-state index in [1.807, 2.05) is 0 Å². The molecule has 0 radical (unpaired) electrons. The molecular weight excluding hydrogens is 175 g/mol. The highest BCUT2D eigenvalue weighted by molar-refractivity contribution is 5.38. The maximum absolute atomic E-state index is 12.9. The monoisotopic (exact) mass is 186 g/mol. The van der Waals surface area contributed by atoms with Gasteiger partial charge in [-0.05, 0) is 0 Å². The zero-order valence-corrected chi connectivity index (χ0v) is 7.25. The van der Waals surface area contributed by atoms with E-state index in [0.29, 0.717) is 13.2 Å². The van der Waals surface area contributed by atoms with Gasteiger partial charge in [-0.2, -0.15) is 4.98 Å². The van der Waals surface area contributed by atoms with Crippen molar-refractivity contribution in [3.8, 4) is 0 Å². The number of nitrogens with two attached hydrogens (primary N) is 1. The van der Waals surface area contributed by atoms with Gasteiger partial charge < -0.3 is 15.8 Å². The van der Waals surface area contributed by atoms with E-state index in [9.17, 15) is 4.39 Å². The quantitative estimate of drug-likeness (QED) is 0.660. The Morgan fingerprint density at radius 1 is 1.69 bits per heavy atom. The summed E-state index contributed by atoms with van der Waals surface area (Å²) in [5, 5.41) is 2.72. The molecule has 0 aliphatic rings. The Hall–Kier alpha value is -1.43. The Morgan fingerprint density at radius 2 is 2.46 bits per heavy atom. The molecule has 0 amide bonds. The highest BCUT2D eigenvalue weighted by Gasteiger charge is 2.03. The lowest BCUT2D eigenvalue weighted by Gasteiger charge is -2.05. The average molecular weight is 186 g/mol. The Labute approximate surface area is 75.1 Å². The largest absolute Gasteiger partial charge is 0.383 e. The van der Waals surface area contributed by atoms with Crippen molar-refractivity contribution >= 4 is 11.8 Å². The molecular formula is C7H11FN4O. The molecule has 0 saturated carbocycles. The van der Waals surface area contributed by atoms with Crippen molar-refractivity contribution < 1.29 is 9.13 Å². The number of hydrogen-bond acceptors (Lipinski definition) is 5. The van der Waals surface area contributed by atoms with Crippen LogP contribution in [0.3, 0.4) is 0 Å². The second-order valence-corrected chi connectivity index (χ2v) is 2.34. The van der Waals surface area contributed by atoms with Gasteiger partial charge in [0.25, 0.3) is 0 Å². The second kappa shape index (κ2) is 4.56. The Morgan fingerprint density at radius 3 is 3.15 bits per heavy atom. The van der Waals surface area contributed by atoms with Gasteiger partial charge in [0.1, 0.15) is 0 Å². The summed E-state index contributed by atoms with van der Waals surface area (Å²) in [6, 6.07) is 0. The predicted octanol–water partition coefficient (Wildman–Crippen LogP) is 0.256. The first-order valence-corrected chi connectivity index (χ1v) is 3.75. The lowest BCUT2D eigenvalue weighted by molar-refractivity contribution is 0.210. The summed E-state index contributed by atoms with van der Waals surface area (Å²) < 4.78 is 17.7. The van der Waals surface area contributed by atoms with E-state index in [1.54, 1.807) is 7.11 Å². The Balaban J connectivity index is 2.59. The van der Waals surface area contributed by atoms with Crippen LogP contribution in [0.2, 0.25) is 0 Å². The molecule has 0 aromatic carbocycles. The van der Waals surface area contributed by atoms with Crippen LogP contribution < -0.4 is 11.1 Å². The van der Waals surface area contributed by atoms with Crippen LogP contribution in [0.1, 0.15) is 0 Å². The molecule has 72 valence electrons. The van der Waals surface area contributed by atoms with Gasteiger partial charge in [0.2, 0.25) is 5.95 Å². The third-order valence-corrected chi connectivity index (χ3v) is 1.36. The number of halogens is 1. The van der Waals surface area contributed by atoms with E-state index in [-0.39, 0.29) is 11.8 Å². The van der Waals surface area contributed by atoms with Crippen LogP contribution in [-0.4, -0.2) is 30.2 Å². The summed E-state index contributed by atoms with van der Waals surface area (Å²) in [5.74, 6) is -0.379. The molecule has 0 spiro atoms. The smallest absolute Gasteiger partial charge is 0.222 e. The van der Waals surface area contributed by atoms with Crippen molar-refractivity contribution in [2.45, 2.75) is 0 Å². The summed E-state index contributed by atoms with van der Waals surface area (Å²) in [7, 11) is 1.56. The van der Waals surface area contributed by atoms with Crippen molar-refractivity contribution in [1.82, 2.24) is 9.97 Å². The molecule has 6 heteroatoms. The molecule has 3 N–H and O–H groups in total. The van der Waals surface area contributed by atoms with Gasteiger partial charge in [0.15, 0.2) is 11.6 Å². The fourth-order valence-electron chi connectivity index (χ4n) is 0.776. The molecule has 0 bridgehead atoms. The predicted molar refractivity (Wildman–Crippen MR) is 46.8 cm³/mol. The lowest BCUT2D eigenvalue weighted by atomic mass is 10.5. The van der Waals surface area contributed by atoms with Gasteiger partial charge in [-0.3, -0.25) is 0 Å². The molecule has 5 nitrogen and oxygen atoms in total. The normalized spacial score (nSPS) is 10.0. The van der Waals surface area contributed by atoms with Crippen LogP contribution in [0.5, 0.6) is 0 Å². The third kappa shape index (κ3) is 2.83. The van der Waals surface area contributed by atoms with Crippen molar-refractivity contribution in [3.05, 3.63) is 12.0 Å². The highest BCUT2D eigenvalue weighted by atomic mass is 19.1. The van der Waals surface area contributed by atoms with Crippen LogP contribution in [0.4, 0.5) is 16.2 Å². The molecule has 1 heterocycles. The number of methoxy groups -OCH3 is 1. The minimum Gasteiger partial charge on any atom is -0.383 e. The molecule has 0 fully saturated rings. The first kappa shape index (κ1) is 9.66. The molecule has 0 aliphatic carbocycles. The number of rotatable bonds is 4. The van der Waals surface area contributed by atoms with E-state index >= 15 is 0 Å². The molecule has 0 saturated heterocycles. The maximum Gasteiger partial charge on any atom is 0.222 e. The number of hydrogen-bond donors (Lipinski definition) is 2. The van der Waals surface area contributed by atoms with Gasteiger partial charge in [-0.15, -0.1) is 0 Å². The number of nitrogens with one attached hydrogen (secondary N) is 1. The Bertz CT molecular complexity index is 281. The van der Waals surface area contributed by atoms with Crippen molar-refractivity contribution in [1.29, 1.82) is 0 Å². The van der Waals surface area contributed by atoms with E-state index in [0.717, 1.165) is 6.20 Å².